The number of hydrogen-bond acceptors (Lipinski definition) is 6. The molecule has 9 heteroatoms. The van der Waals surface area contributed by atoms with E-state index in [1.165, 1.54) is 29.7 Å². The maximum Gasteiger partial charge on any atom is 0.275 e. The van der Waals surface area contributed by atoms with Crippen LogP contribution in [0.4, 0.5) is 10.1 Å². The monoisotopic (exact) mass is 376 g/mol. The first-order valence-corrected chi connectivity index (χ1v) is 8.52. The molecule has 0 spiro atoms. The zero-order valence-electron chi connectivity index (χ0n) is 14.9. The molecule has 1 atom stereocenters. The minimum Gasteiger partial charge on any atom is -0.451 e. The van der Waals surface area contributed by atoms with Gasteiger partial charge in [0.25, 0.3) is 5.91 Å². The normalized spacial score (nSPS) is 19.1. The van der Waals surface area contributed by atoms with E-state index in [0.717, 1.165) is 0 Å². The van der Waals surface area contributed by atoms with Crippen LogP contribution in [0.2, 0.25) is 0 Å². The number of methoxy groups -OCH3 is 1. The summed E-state index contributed by atoms with van der Waals surface area (Å²) in [4.78, 5) is 30.8. The molecule has 1 aliphatic heterocycles. The fraction of sp³-hybridized carbons (Fsp3) is 0.389. The molecule has 144 valence electrons. The van der Waals surface area contributed by atoms with E-state index < -0.39 is 11.4 Å². The van der Waals surface area contributed by atoms with Crippen molar-refractivity contribution < 1.29 is 23.1 Å². The summed E-state index contributed by atoms with van der Waals surface area (Å²) in [5.74, 6) is -1.01. The molecule has 1 aromatic carbocycles. The Hall–Kier alpha value is -2.94. The third kappa shape index (κ3) is 4.25. The standard InChI is InChI=1S/C18H21FN4O4/c1-26-8-6-20-17(25)18(22-14-4-2-3-13(19)9-14)5-7-23(11-18)16(24)15-10-27-12-21-15/h2-4,9-10,12,22H,5-8,11H2,1H3,(H,20,25). The highest BCUT2D eigenvalue weighted by molar-refractivity contribution is 5.95. The van der Waals surface area contributed by atoms with Gasteiger partial charge in [-0.25, -0.2) is 9.37 Å². The van der Waals surface area contributed by atoms with Crippen LogP contribution < -0.4 is 10.6 Å². The quantitative estimate of drug-likeness (QED) is 0.707. The first kappa shape index (κ1) is 18.8. The summed E-state index contributed by atoms with van der Waals surface area (Å²) in [6.45, 7) is 1.17. The van der Waals surface area contributed by atoms with Gasteiger partial charge in [0.2, 0.25) is 5.91 Å². The van der Waals surface area contributed by atoms with Crippen molar-refractivity contribution in [2.75, 3.05) is 38.7 Å². The van der Waals surface area contributed by atoms with Gasteiger partial charge in [-0.3, -0.25) is 9.59 Å². The Balaban J connectivity index is 1.80. The molecule has 27 heavy (non-hydrogen) atoms. The van der Waals surface area contributed by atoms with Gasteiger partial charge in [-0.05, 0) is 24.6 Å². The Morgan fingerprint density at radius 2 is 2.30 bits per heavy atom. The molecule has 2 N–H and O–H groups in total. The van der Waals surface area contributed by atoms with Crippen LogP contribution in [0.1, 0.15) is 16.9 Å². The number of benzene rings is 1. The number of ether oxygens (including phenoxy) is 1. The molecule has 8 nitrogen and oxygen atoms in total. The maximum absolute atomic E-state index is 13.6. The fourth-order valence-electron chi connectivity index (χ4n) is 3.09. The summed E-state index contributed by atoms with van der Waals surface area (Å²) in [7, 11) is 1.54. The van der Waals surface area contributed by atoms with Crippen LogP contribution in [0.5, 0.6) is 0 Å². The topological polar surface area (TPSA) is 96.7 Å². The molecule has 1 unspecified atom stereocenters. The maximum atomic E-state index is 13.6. The predicted molar refractivity (Wildman–Crippen MR) is 94.7 cm³/mol. The number of oxazole rings is 1. The zero-order chi connectivity index (χ0) is 19.3. The largest absolute Gasteiger partial charge is 0.451 e. The SMILES string of the molecule is COCCNC(=O)C1(Nc2cccc(F)c2)CCN(C(=O)c2cocn2)C1. The number of halogens is 1. The molecule has 2 heterocycles. The van der Waals surface area contributed by atoms with Crippen LogP contribution in [-0.4, -0.2) is 60.6 Å². The predicted octanol–water partition coefficient (Wildman–Crippen LogP) is 1.27. The van der Waals surface area contributed by atoms with Crippen LogP contribution >= 0.6 is 0 Å². The van der Waals surface area contributed by atoms with Crippen molar-refractivity contribution in [3.05, 3.63) is 48.4 Å². The van der Waals surface area contributed by atoms with Crippen molar-refractivity contribution in [3.8, 4) is 0 Å². The molecular weight excluding hydrogens is 355 g/mol. The number of aromatic nitrogens is 1. The molecule has 0 bridgehead atoms. The van der Waals surface area contributed by atoms with Crippen molar-refractivity contribution in [2.24, 2.45) is 0 Å². The second-order valence-electron chi connectivity index (χ2n) is 6.32. The van der Waals surface area contributed by atoms with Crippen molar-refractivity contribution in [2.45, 2.75) is 12.0 Å². The van der Waals surface area contributed by atoms with Crippen LogP contribution in [-0.2, 0) is 9.53 Å². The second kappa shape index (κ2) is 8.17. The molecular formula is C18H21FN4O4. The first-order valence-electron chi connectivity index (χ1n) is 8.52. The molecule has 0 aliphatic carbocycles. The van der Waals surface area contributed by atoms with E-state index in [4.69, 9.17) is 9.15 Å². The van der Waals surface area contributed by atoms with Gasteiger partial charge >= 0.3 is 0 Å². The Kier molecular flexibility index (Phi) is 5.70. The summed E-state index contributed by atoms with van der Waals surface area (Å²) in [6, 6.07) is 5.87. The molecule has 1 saturated heterocycles. The van der Waals surface area contributed by atoms with Gasteiger partial charge in [-0.1, -0.05) is 6.07 Å². The van der Waals surface area contributed by atoms with Gasteiger partial charge in [0.15, 0.2) is 12.1 Å². The molecule has 2 aromatic rings. The van der Waals surface area contributed by atoms with Gasteiger partial charge in [-0.2, -0.15) is 0 Å². The third-order valence-electron chi connectivity index (χ3n) is 4.44. The van der Waals surface area contributed by atoms with Gasteiger partial charge in [0.1, 0.15) is 17.6 Å². The van der Waals surface area contributed by atoms with E-state index in [-0.39, 0.29) is 24.1 Å². The average molecular weight is 376 g/mol. The lowest BCUT2D eigenvalue weighted by molar-refractivity contribution is -0.125. The smallest absolute Gasteiger partial charge is 0.275 e. The van der Waals surface area contributed by atoms with E-state index >= 15 is 0 Å². The summed E-state index contributed by atoms with van der Waals surface area (Å²) < 4.78 is 23.4. The number of amides is 2. The minimum absolute atomic E-state index is 0.119. The lowest BCUT2D eigenvalue weighted by Crippen LogP contribution is -2.55. The number of rotatable bonds is 7. The highest BCUT2D eigenvalue weighted by Gasteiger charge is 2.46. The first-order chi connectivity index (χ1) is 13.0. The molecule has 0 radical (unpaired) electrons. The number of anilines is 1. The third-order valence-corrected chi connectivity index (χ3v) is 4.44. The van der Waals surface area contributed by atoms with Gasteiger partial charge in [-0.15, -0.1) is 0 Å². The number of carbonyl (C=O) groups excluding carboxylic acids is 2. The molecule has 3 rings (SSSR count). The highest BCUT2D eigenvalue weighted by Crippen LogP contribution is 2.28. The lowest BCUT2D eigenvalue weighted by Gasteiger charge is -2.30. The van der Waals surface area contributed by atoms with Crippen molar-refractivity contribution in [1.29, 1.82) is 0 Å². The van der Waals surface area contributed by atoms with Crippen LogP contribution in [0, 0.1) is 5.82 Å². The van der Waals surface area contributed by atoms with E-state index in [9.17, 15) is 14.0 Å². The summed E-state index contributed by atoms with van der Waals surface area (Å²) in [6.07, 6.45) is 2.81. The Labute approximate surface area is 155 Å². The Bertz CT molecular complexity index is 798. The van der Waals surface area contributed by atoms with Crippen LogP contribution in [0.15, 0.2) is 41.3 Å². The number of carbonyl (C=O) groups is 2. The van der Waals surface area contributed by atoms with Crippen LogP contribution in [0.3, 0.4) is 0 Å². The van der Waals surface area contributed by atoms with E-state index in [2.05, 4.69) is 15.6 Å². The Morgan fingerprint density at radius 1 is 1.44 bits per heavy atom. The lowest BCUT2D eigenvalue weighted by atomic mass is 9.96. The number of nitrogens with zero attached hydrogens (tertiary/aromatic N) is 2. The summed E-state index contributed by atoms with van der Waals surface area (Å²) in [5, 5.41) is 5.92. The zero-order valence-corrected chi connectivity index (χ0v) is 14.9. The molecule has 1 aliphatic rings. The van der Waals surface area contributed by atoms with Gasteiger partial charge in [0, 0.05) is 25.9 Å². The van der Waals surface area contributed by atoms with Crippen molar-refractivity contribution >= 4 is 17.5 Å². The average Bonchev–Trinajstić information content (AvgIpc) is 3.32. The number of likely N-dealkylation sites (tertiary alicyclic amines) is 1. The van der Waals surface area contributed by atoms with Gasteiger partial charge < -0.3 is 24.7 Å². The minimum atomic E-state index is -1.08. The summed E-state index contributed by atoms with van der Waals surface area (Å²) >= 11 is 0. The molecule has 1 aromatic heterocycles. The van der Waals surface area contributed by atoms with E-state index in [1.54, 1.807) is 19.2 Å². The fourth-order valence-corrected chi connectivity index (χ4v) is 3.09. The molecule has 1 fully saturated rings. The van der Waals surface area contributed by atoms with E-state index in [1.807, 2.05) is 0 Å². The van der Waals surface area contributed by atoms with Gasteiger partial charge in [0.05, 0.1) is 13.2 Å². The van der Waals surface area contributed by atoms with Crippen molar-refractivity contribution in [1.82, 2.24) is 15.2 Å². The Morgan fingerprint density at radius 3 is 3.00 bits per heavy atom. The van der Waals surface area contributed by atoms with Crippen LogP contribution in [0.25, 0.3) is 0 Å². The number of nitrogens with one attached hydrogen (secondary N) is 2. The molecule has 2 amide bonds. The summed E-state index contributed by atoms with van der Waals surface area (Å²) in [5.41, 5.74) is -0.440. The second-order valence-corrected chi connectivity index (χ2v) is 6.32. The van der Waals surface area contributed by atoms with Crippen molar-refractivity contribution in [3.63, 3.8) is 0 Å². The number of hydrogen-bond donors (Lipinski definition) is 2. The van der Waals surface area contributed by atoms with E-state index in [0.29, 0.717) is 31.8 Å². The molecule has 0 saturated carbocycles. The highest BCUT2D eigenvalue weighted by atomic mass is 19.1.